The third kappa shape index (κ3) is 3.47. The van der Waals surface area contributed by atoms with Gasteiger partial charge in [0.05, 0.1) is 0 Å². The summed E-state index contributed by atoms with van der Waals surface area (Å²) in [5.41, 5.74) is 8.98. The highest BCUT2D eigenvalue weighted by Crippen LogP contribution is 2.19. The highest BCUT2D eigenvalue weighted by atomic mass is 16.5. The van der Waals surface area contributed by atoms with E-state index < -0.39 is 0 Å². The van der Waals surface area contributed by atoms with Crippen LogP contribution in [0.2, 0.25) is 0 Å². The van der Waals surface area contributed by atoms with Crippen molar-refractivity contribution in [2.75, 3.05) is 32.2 Å². The van der Waals surface area contributed by atoms with Crippen LogP contribution in [0.4, 0.5) is 5.69 Å². The summed E-state index contributed by atoms with van der Waals surface area (Å²) >= 11 is 0. The van der Waals surface area contributed by atoms with Gasteiger partial charge in [0.1, 0.15) is 0 Å². The van der Waals surface area contributed by atoms with Crippen LogP contribution in [0, 0.1) is 6.92 Å². The lowest BCUT2D eigenvalue weighted by Gasteiger charge is -2.22. The Bertz CT molecular complexity index is 328. The van der Waals surface area contributed by atoms with Gasteiger partial charge in [0, 0.05) is 57.0 Å². The number of nitrogens with two attached hydrogens (primary N) is 1. The minimum absolute atomic E-state index is 0.525. The van der Waals surface area contributed by atoms with E-state index in [4.69, 9.17) is 10.5 Å². The van der Waals surface area contributed by atoms with Gasteiger partial charge in [0.15, 0.2) is 0 Å². The van der Waals surface area contributed by atoms with E-state index in [1.165, 1.54) is 5.69 Å². The molecule has 90 valence electrons. The van der Waals surface area contributed by atoms with Crippen LogP contribution in [0.15, 0.2) is 12.3 Å². The summed E-state index contributed by atoms with van der Waals surface area (Å²) in [6, 6.07) is 2.08. The van der Waals surface area contributed by atoms with Crippen molar-refractivity contribution in [2.24, 2.45) is 5.73 Å². The topological polar surface area (TPSA) is 51.4 Å². The van der Waals surface area contributed by atoms with Gasteiger partial charge in [0.25, 0.3) is 0 Å². The van der Waals surface area contributed by atoms with Gasteiger partial charge >= 0.3 is 0 Å². The van der Waals surface area contributed by atoms with E-state index in [1.807, 2.05) is 13.1 Å². The molecule has 0 radical (unpaired) electrons. The molecule has 0 aromatic carbocycles. The molecule has 0 spiro atoms. The van der Waals surface area contributed by atoms with Crippen molar-refractivity contribution in [1.29, 1.82) is 0 Å². The Morgan fingerprint density at radius 3 is 2.88 bits per heavy atom. The van der Waals surface area contributed by atoms with E-state index in [0.29, 0.717) is 6.54 Å². The molecule has 1 aromatic rings. The maximum Gasteiger partial charge on any atom is 0.0479 e. The average molecular weight is 223 g/mol. The van der Waals surface area contributed by atoms with Gasteiger partial charge in [-0.2, -0.15) is 0 Å². The molecule has 2 N–H and O–H groups in total. The van der Waals surface area contributed by atoms with Gasteiger partial charge in [-0.1, -0.05) is 0 Å². The van der Waals surface area contributed by atoms with Crippen LogP contribution < -0.4 is 10.6 Å². The fraction of sp³-hybridized carbons (Fsp3) is 0.583. The summed E-state index contributed by atoms with van der Waals surface area (Å²) in [5.74, 6) is 0. The molecule has 1 rings (SSSR count). The van der Waals surface area contributed by atoms with Gasteiger partial charge < -0.3 is 15.4 Å². The molecule has 0 saturated heterocycles. The van der Waals surface area contributed by atoms with Gasteiger partial charge in [0.2, 0.25) is 0 Å². The molecule has 0 fully saturated rings. The van der Waals surface area contributed by atoms with E-state index in [2.05, 4.69) is 23.0 Å². The number of hydrogen-bond donors (Lipinski definition) is 1. The van der Waals surface area contributed by atoms with Gasteiger partial charge in [-0.15, -0.1) is 0 Å². The van der Waals surface area contributed by atoms with Crippen LogP contribution in [-0.4, -0.2) is 32.3 Å². The first-order valence-electron chi connectivity index (χ1n) is 5.54. The Morgan fingerprint density at radius 1 is 1.50 bits per heavy atom. The first-order chi connectivity index (χ1) is 7.69. The minimum atomic E-state index is 0.525. The molecule has 0 saturated carbocycles. The standard InChI is InChI=1S/C12H21N3O/c1-10-7-12(11(8-13)9-14-10)15(2)5-4-6-16-3/h7,9H,4-6,8,13H2,1-3H3. The Balaban J connectivity index is 2.72. The summed E-state index contributed by atoms with van der Waals surface area (Å²) in [4.78, 5) is 6.46. The van der Waals surface area contributed by atoms with Crippen LogP contribution in [-0.2, 0) is 11.3 Å². The summed E-state index contributed by atoms with van der Waals surface area (Å²) in [5, 5.41) is 0. The average Bonchev–Trinajstić information content (AvgIpc) is 2.29. The van der Waals surface area contributed by atoms with E-state index in [-0.39, 0.29) is 0 Å². The Kier molecular flexibility index (Phi) is 5.22. The van der Waals surface area contributed by atoms with Gasteiger partial charge in [-0.25, -0.2) is 0 Å². The van der Waals surface area contributed by atoms with Crippen LogP contribution in [0.1, 0.15) is 17.7 Å². The van der Waals surface area contributed by atoms with Gasteiger partial charge in [-0.3, -0.25) is 4.98 Å². The monoisotopic (exact) mass is 223 g/mol. The van der Waals surface area contributed by atoms with Crippen molar-refractivity contribution in [2.45, 2.75) is 19.9 Å². The Labute approximate surface area is 97.4 Å². The summed E-state index contributed by atoms with van der Waals surface area (Å²) in [7, 11) is 3.80. The van der Waals surface area contributed by atoms with Crippen molar-refractivity contribution < 1.29 is 4.74 Å². The van der Waals surface area contributed by atoms with Crippen LogP contribution in [0.3, 0.4) is 0 Å². The van der Waals surface area contributed by atoms with Crippen molar-refractivity contribution in [3.05, 3.63) is 23.5 Å². The predicted molar refractivity (Wildman–Crippen MR) is 66.6 cm³/mol. The normalized spacial score (nSPS) is 10.5. The van der Waals surface area contributed by atoms with E-state index in [0.717, 1.165) is 30.8 Å². The Hall–Kier alpha value is -1.13. The first-order valence-corrected chi connectivity index (χ1v) is 5.54. The molecule has 0 aliphatic rings. The quantitative estimate of drug-likeness (QED) is 0.739. The third-order valence-corrected chi connectivity index (χ3v) is 2.57. The van der Waals surface area contributed by atoms with Crippen molar-refractivity contribution in [3.63, 3.8) is 0 Å². The first kappa shape index (κ1) is 12.9. The maximum absolute atomic E-state index is 5.70. The SMILES string of the molecule is COCCCN(C)c1cc(C)ncc1CN. The largest absolute Gasteiger partial charge is 0.385 e. The number of pyridine rings is 1. The number of ether oxygens (including phenoxy) is 1. The number of aromatic nitrogens is 1. The Morgan fingerprint density at radius 2 is 2.25 bits per heavy atom. The highest BCUT2D eigenvalue weighted by molar-refractivity contribution is 5.52. The zero-order chi connectivity index (χ0) is 12.0. The second-order valence-corrected chi connectivity index (χ2v) is 3.93. The molecule has 0 aliphatic carbocycles. The molecule has 1 heterocycles. The fourth-order valence-electron chi connectivity index (χ4n) is 1.65. The van der Waals surface area contributed by atoms with Gasteiger partial charge in [-0.05, 0) is 19.4 Å². The van der Waals surface area contributed by atoms with Crippen LogP contribution in [0.25, 0.3) is 0 Å². The lowest BCUT2D eigenvalue weighted by molar-refractivity contribution is 0.196. The highest BCUT2D eigenvalue weighted by Gasteiger charge is 2.07. The molecular weight excluding hydrogens is 202 g/mol. The molecule has 1 aromatic heterocycles. The van der Waals surface area contributed by atoms with Crippen molar-refractivity contribution in [1.82, 2.24) is 4.98 Å². The minimum Gasteiger partial charge on any atom is -0.385 e. The smallest absolute Gasteiger partial charge is 0.0479 e. The number of hydrogen-bond acceptors (Lipinski definition) is 4. The zero-order valence-corrected chi connectivity index (χ0v) is 10.4. The van der Waals surface area contributed by atoms with Crippen molar-refractivity contribution in [3.8, 4) is 0 Å². The molecule has 0 unspecified atom stereocenters. The fourth-order valence-corrected chi connectivity index (χ4v) is 1.65. The maximum atomic E-state index is 5.70. The predicted octanol–water partition coefficient (Wildman–Crippen LogP) is 1.32. The number of aryl methyl sites for hydroxylation is 1. The molecule has 0 aliphatic heterocycles. The molecule has 0 bridgehead atoms. The van der Waals surface area contributed by atoms with E-state index in [1.54, 1.807) is 7.11 Å². The molecule has 4 heteroatoms. The lowest BCUT2D eigenvalue weighted by atomic mass is 10.2. The number of nitrogens with zero attached hydrogens (tertiary/aromatic N) is 2. The van der Waals surface area contributed by atoms with E-state index >= 15 is 0 Å². The molecule has 0 atom stereocenters. The van der Waals surface area contributed by atoms with E-state index in [9.17, 15) is 0 Å². The van der Waals surface area contributed by atoms with Crippen LogP contribution in [0.5, 0.6) is 0 Å². The van der Waals surface area contributed by atoms with Crippen molar-refractivity contribution >= 4 is 5.69 Å². The van der Waals surface area contributed by atoms with Crippen LogP contribution >= 0.6 is 0 Å². The number of methoxy groups -OCH3 is 1. The number of anilines is 1. The second-order valence-electron chi connectivity index (χ2n) is 3.93. The number of rotatable bonds is 6. The second kappa shape index (κ2) is 6.45. The molecule has 16 heavy (non-hydrogen) atoms. The molecular formula is C12H21N3O. The summed E-state index contributed by atoms with van der Waals surface area (Å²) < 4.78 is 5.04. The zero-order valence-electron chi connectivity index (χ0n) is 10.4. The summed E-state index contributed by atoms with van der Waals surface area (Å²) in [6.07, 6.45) is 2.87. The lowest BCUT2D eigenvalue weighted by Crippen LogP contribution is -2.22. The third-order valence-electron chi connectivity index (χ3n) is 2.57. The molecule has 0 amide bonds. The molecule has 4 nitrogen and oxygen atoms in total. The summed E-state index contributed by atoms with van der Waals surface area (Å²) in [6.45, 7) is 4.26.